The Bertz CT molecular complexity index is 904. The van der Waals surface area contributed by atoms with Crippen LogP contribution in [0.4, 0.5) is 5.69 Å². The molecule has 0 bridgehead atoms. The summed E-state index contributed by atoms with van der Waals surface area (Å²) in [6, 6.07) is 13.1. The van der Waals surface area contributed by atoms with Gasteiger partial charge in [-0.25, -0.2) is 8.42 Å². The summed E-state index contributed by atoms with van der Waals surface area (Å²) in [5, 5.41) is 2.78. The fourth-order valence-electron chi connectivity index (χ4n) is 3.31. The lowest BCUT2D eigenvalue weighted by Gasteiger charge is -2.23. The summed E-state index contributed by atoms with van der Waals surface area (Å²) in [6.45, 7) is 0. The minimum atomic E-state index is -3.55. The van der Waals surface area contributed by atoms with Crippen LogP contribution in [0.15, 0.2) is 53.4 Å². The van der Waals surface area contributed by atoms with E-state index in [-0.39, 0.29) is 16.8 Å². The molecule has 1 saturated carbocycles. The van der Waals surface area contributed by atoms with Gasteiger partial charge in [-0.1, -0.05) is 18.9 Å². The van der Waals surface area contributed by atoms with Crippen molar-refractivity contribution >= 4 is 21.6 Å². The van der Waals surface area contributed by atoms with Gasteiger partial charge in [-0.15, -0.1) is 0 Å². The highest BCUT2D eigenvalue weighted by atomic mass is 32.2. The summed E-state index contributed by atoms with van der Waals surface area (Å²) in [7, 11) is -0.356. The summed E-state index contributed by atoms with van der Waals surface area (Å²) in [5.74, 6) is 0.334. The SMILES string of the molecule is COc1cccc(NC(=O)c2ccc(S(=O)(=O)N(C)C3CCCC3)cc2)c1. The number of anilines is 1. The Morgan fingerprint density at radius 1 is 1.11 bits per heavy atom. The second-order valence-electron chi connectivity index (χ2n) is 6.67. The van der Waals surface area contributed by atoms with Crippen LogP contribution in [0.2, 0.25) is 0 Å². The molecule has 0 spiro atoms. The third-order valence-electron chi connectivity index (χ3n) is 4.96. The molecular weight excluding hydrogens is 364 g/mol. The van der Waals surface area contributed by atoms with Gasteiger partial charge >= 0.3 is 0 Å². The predicted octanol–water partition coefficient (Wildman–Crippen LogP) is 3.51. The first-order valence-corrected chi connectivity index (χ1v) is 10.4. The molecule has 1 amide bonds. The van der Waals surface area contributed by atoms with Crippen molar-refractivity contribution in [3.8, 4) is 5.75 Å². The molecule has 2 aromatic carbocycles. The molecule has 2 aromatic rings. The fourth-order valence-corrected chi connectivity index (χ4v) is 4.73. The predicted molar refractivity (Wildman–Crippen MR) is 105 cm³/mol. The zero-order chi connectivity index (χ0) is 19.4. The number of ether oxygens (including phenoxy) is 1. The Hall–Kier alpha value is -2.38. The monoisotopic (exact) mass is 388 g/mol. The number of sulfonamides is 1. The van der Waals surface area contributed by atoms with Crippen LogP contribution in [-0.2, 0) is 10.0 Å². The number of rotatable bonds is 6. The van der Waals surface area contributed by atoms with Crippen molar-refractivity contribution < 1.29 is 17.9 Å². The molecule has 1 fully saturated rings. The molecule has 3 rings (SSSR count). The molecule has 0 heterocycles. The number of nitrogens with one attached hydrogen (secondary N) is 1. The molecule has 0 radical (unpaired) electrons. The van der Waals surface area contributed by atoms with Gasteiger partial charge in [0.15, 0.2) is 0 Å². The highest BCUT2D eigenvalue weighted by Gasteiger charge is 2.30. The van der Waals surface area contributed by atoms with Gasteiger partial charge in [0.1, 0.15) is 5.75 Å². The first-order chi connectivity index (χ1) is 12.9. The average molecular weight is 388 g/mol. The Kier molecular flexibility index (Phi) is 5.82. The van der Waals surface area contributed by atoms with Gasteiger partial charge in [-0.05, 0) is 49.2 Å². The maximum Gasteiger partial charge on any atom is 0.255 e. The third-order valence-corrected chi connectivity index (χ3v) is 6.88. The second kappa shape index (κ2) is 8.10. The van der Waals surface area contributed by atoms with Crippen LogP contribution in [0.25, 0.3) is 0 Å². The van der Waals surface area contributed by atoms with E-state index in [0.717, 1.165) is 25.7 Å². The van der Waals surface area contributed by atoms with E-state index in [1.54, 1.807) is 38.4 Å². The highest BCUT2D eigenvalue weighted by molar-refractivity contribution is 7.89. The molecule has 0 atom stereocenters. The molecule has 144 valence electrons. The molecule has 0 unspecified atom stereocenters. The topological polar surface area (TPSA) is 75.7 Å². The van der Waals surface area contributed by atoms with Gasteiger partial charge in [-0.3, -0.25) is 4.79 Å². The number of carbonyl (C=O) groups excluding carboxylic acids is 1. The van der Waals surface area contributed by atoms with Crippen LogP contribution in [0, 0.1) is 0 Å². The Morgan fingerprint density at radius 3 is 2.41 bits per heavy atom. The first kappa shape index (κ1) is 19.4. The minimum absolute atomic E-state index is 0.0611. The van der Waals surface area contributed by atoms with E-state index < -0.39 is 10.0 Å². The summed E-state index contributed by atoms with van der Waals surface area (Å²) in [4.78, 5) is 12.6. The molecule has 0 aliphatic heterocycles. The van der Waals surface area contributed by atoms with E-state index in [1.807, 2.05) is 0 Å². The van der Waals surface area contributed by atoms with E-state index in [1.165, 1.54) is 28.6 Å². The summed E-state index contributed by atoms with van der Waals surface area (Å²) in [6.07, 6.45) is 3.93. The standard InChI is InChI=1S/C20H24N2O4S/c1-22(17-7-3-4-8-17)27(24,25)19-12-10-15(11-13-19)20(23)21-16-6-5-9-18(14-16)26-2/h5-6,9-14,17H,3-4,7-8H2,1-2H3,(H,21,23). The average Bonchev–Trinajstić information content (AvgIpc) is 3.22. The molecule has 1 aliphatic carbocycles. The van der Waals surface area contributed by atoms with Crippen molar-refractivity contribution in [3.05, 3.63) is 54.1 Å². The van der Waals surface area contributed by atoms with Crippen LogP contribution >= 0.6 is 0 Å². The molecule has 0 aromatic heterocycles. The number of methoxy groups -OCH3 is 1. The summed E-state index contributed by atoms with van der Waals surface area (Å²) in [5.41, 5.74) is 0.998. The quantitative estimate of drug-likeness (QED) is 0.822. The van der Waals surface area contributed by atoms with E-state index in [2.05, 4.69) is 5.32 Å². The Labute approximate surface area is 160 Å². The maximum atomic E-state index is 12.8. The summed E-state index contributed by atoms with van der Waals surface area (Å²) < 4.78 is 32.1. The van der Waals surface area contributed by atoms with E-state index >= 15 is 0 Å². The number of hydrogen-bond acceptors (Lipinski definition) is 4. The summed E-state index contributed by atoms with van der Waals surface area (Å²) >= 11 is 0. The first-order valence-electron chi connectivity index (χ1n) is 8.95. The van der Waals surface area contributed by atoms with Gasteiger partial charge in [-0.2, -0.15) is 4.31 Å². The Balaban J connectivity index is 1.73. The number of nitrogens with zero attached hydrogens (tertiary/aromatic N) is 1. The van der Waals surface area contributed by atoms with Gasteiger partial charge in [0.05, 0.1) is 12.0 Å². The van der Waals surface area contributed by atoms with Gasteiger partial charge in [0, 0.05) is 30.4 Å². The molecule has 0 saturated heterocycles. The zero-order valence-electron chi connectivity index (χ0n) is 15.5. The number of carbonyl (C=O) groups is 1. The number of amides is 1. The van der Waals surface area contributed by atoms with Crippen molar-refractivity contribution in [2.24, 2.45) is 0 Å². The molecule has 6 nitrogen and oxygen atoms in total. The smallest absolute Gasteiger partial charge is 0.255 e. The number of hydrogen-bond donors (Lipinski definition) is 1. The lowest BCUT2D eigenvalue weighted by Crippen LogP contribution is -2.35. The number of benzene rings is 2. The van der Waals surface area contributed by atoms with Crippen LogP contribution in [0.1, 0.15) is 36.0 Å². The third kappa shape index (κ3) is 4.31. The largest absolute Gasteiger partial charge is 0.497 e. The van der Waals surface area contributed by atoms with E-state index in [9.17, 15) is 13.2 Å². The molecule has 1 aliphatic rings. The normalized spacial score (nSPS) is 15.1. The zero-order valence-corrected chi connectivity index (χ0v) is 16.3. The maximum absolute atomic E-state index is 12.8. The van der Waals surface area contributed by atoms with Crippen molar-refractivity contribution in [1.29, 1.82) is 0 Å². The van der Waals surface area contributed by atoms with Gasteiger partial charge in [0.2, 0.25) is 10.0 Å². The second-order valence-corrected chi connectivity index (χ2v) is 8.67. The van der Waals surface area contributed by atoms with Gasteiger partial charge < -0.3 is 10.1 Å². The van der Waals surface area contributed by atoms with Crippen molar-refractivity contribution in [2.75, 3.05) is 19.5 Å². The van der Waals surface area contributed by atoms with E-state index in [0.29, 0.717) is 17.0 Å². The van der Waals surface area contributed by atoms with Crippen LogP contribution in [0.3, 0.4) is 0 Å². The van der Waals surface area contributed by atoms with Crippen LogP contribution in [0.5, 0.6) is 5.75 Å². The minimum Gasteiger partial charge on any atom is -0.497 e. The highest BCUT2D eigenvalue weighted by Crippen LogP contribution is 2.27. The molecule has 27 heavy (non-hydrogen) atoms. The molecular formula is C20H24N2O4S. The van der Waals surface area contributed by atoms with Crippen molar-refractivity contribution in [3.63, 3.8) is 0 Å². The lowest BCUT2D eigenvalue weighted by atomic mass is 10.2. The van der Waals surface area contributed by atoms with Crippen LogP contribution in [-0.4, -0.2) is 38.8 Å². The molecule has 1 N–H and O–H groups in total. The van der Waals surface area contributed by atoms with Crippen molar-refractivity contribution in [1.82, 2.24) is 4.31 Å². The Morgan fingerprint density at radius 2 is 1.78 bits per heavy atom. The lowest BCUT2D eigenvalue weighted by molar-refractivity contribution is 0.102. The van der Waals surface area contributed by atoms with Crippen molar-refractivity contribution in [2.45, 2.75) is 36.6 Å². The van der Waals surface area contributed by atoms with Crippen LogP contribution < -0.4 is 10.1 Å². The van der Waals surface area contributed by atoms with E-state index in [4.69, 9.17) is 4.74 Å². The molecule has 7 heteroatoms. The van der Waals surface area contributed by atoms with Gasteiger partial charge in [0.25, 0.3) is 5.91 Å². The fraction of sp³-hybridized carbons (Fsp3) is 0.350.